The van der Waals surface area contributed by atoms with Crippen LogP contribution >= 0.6 is 0 Å². The molecule has 24 heavy (non-hydrogen) atoms. The minimum Gasteiger partial charge on any atom is -0.357 e. The van der Waals surface area contributed by atoms with E-state index in [1.165, 1.54) is 12.8 Å². The number of guanidine groups is 1. The Morgan fingerprint density at radius 2 is 1.88 bits per heavy atom. The summed E-state index contributed by atoms with van der Waals surface area (Å²) in [5, 5.41) is 6.60. The zero-order valence-corrected chi connectivity index (χ0v) is 15.0. The summed E-state index contributed by atoms with van der Waals surface area (Å²) in [5.74, 6) is 0.828. The van der Waals surface area contributed by atoms with E-state index in [1.807, 2.05) is 19.1 Å². The fraction of sp³-hybridized carbons (Fsp3) is 0.588. The minimum absolute atomic E-state index is 0.375. The molecule has 1 saturated heterocycles. The van der Waals surface area contributed by atoms with Crippen LogP contribution in [0.2, 0.25) is 0 Å². The number of nitrogens with zero attached hydrogens (tertiary/aromatic N) is 2. The van der Waals surface area contributed by atoms with Crippen molar-refractivity contribution < 1.29 is 8.42 Å². The molecule has 1 aliphatic heterocycles. The van der Waals surface area contributed by atoms with Gasteiger partial charge in [-0.15, -0.1) is 0 Å². The third kappa shape index (κ3) is 4.27. The van der Waals surface area contributed by atoms with E-state index in [4.69, 9.17) is 0 Å². The van der Waals surface area contributed by atoms with E-state index in [0.717, 1.165) is 30.9 Å². The lowest BCUT2D eigenvalue weighted by Gasteiger charge is -2.15. The molecule has 1 aromatic carbocycles. The molecule has 0 radical (unpaired) electrons. The second kappa shape index (κ2) is 7.53. The van der Waals surface area contributed by atoms with Crippen LogP contribution in [-0.4, -0.2) is 44.4 Å². The summed E-state index contributed by atoms with van der Waals surface area (Å²) < 4.78 is 26.6. The fourth-order valence-electron chi connectivity index (χ4n) is 2.76. The van der Waals surface area contributed by atoms with E-state index in [9.17, 15) is 8.42 Å². The number of hydrogen-bond donors (Lipinski definition) is 2. The summed E-state index contributed by atoms with van der Waals surface area (Å²) in [7, 11) is -3.33. The Labute approximate surface area is 144 Å². The summed E-state index contributed by atoms with van der Waals surface area (Å²) in [6, 6.07) is 7.65. The van der Waals surface area contributed by atoms with Gasteiger partial charge in [0.15, 0.2) is 5.96 Å². The number of benzene rings is 1. The van der Waals surface area contributed by atoms with Crippen molar-refractivity contribution in [3.05, 3.63) is 29.8 Å². The molecule has 2 aliphatic rings. The van der Waals surface area contributed by atoms with Gasteiger partial charge in [0, 0.05) is 25.7 Å². The van der Waals surface area contributed by atoms with Crippen LogP contribution in [0.4, 0.5) is 0 Å². The van der Waals surface area contributed by atoms with Crippen molar-refractivity contribution in [2.45, 2.75) is 50.1 Å². The largest absolute Gasteiger partial charge is 0.357 e. The smallest absolute Gasteiger partial charge is 0.243 e. The van der Waals surface area contributed by atoms with Crippen molar-refractivity contribution in [3.63, 3.8) is 0 Å². The summed E-state index contributed by atoms with van der Waals surface area (Å²) in [4.78, 5) is 4.94. The van der Waals surface area contributed by atoms with Gasteiger partial charge in [0.1, 0.15) is 0 Å². The van der Waals surface area contributed by atoms with Crippen molar-refractivity contribution in [1.29, 1.82) is 0 Å². The number of sulfonamides is 1. The first-order valence-corrected chi connectivity index (χ1v) is 10.2. The Morgan fingerprint density at radius 1 is 1.21 bits per heavy atom. The predicted octanol–water partition coefficient (Wildman–Crippen LogP) is 1.69. The Morgan fingerprint density at radius 3 is 2.46 bits per heavy atom. The average Bonchev–Trinajstić information content (AvgIpc) is 3.21. The number of aliphatic imine (C=N–C) groups is 1. The van der Waals surface area contributed by atoms with Crippen LogP contribution in [0, 0.1) is 0 Å². The van der Waals surface area contributed by atoms with Crippen LogP contribution in [0.3, 0.4) is 0 Å². The molecular formula is C17H26N4O2S. The van der Waals surface area contributed by atoms with Gasteiger partial charge in [-0.1, -0.05) is 12.1 Å². The van der Waals surface area contributed by atoms with Crippen LogP contribution in [0.15, 0.2) is 34.2 Å². The first kappa shape index (κ1) is 17.2. The Bertz CT molecular complexity index is 675. The van der Waals surface area contributed by atoms with E-state index >= 15 is 0 Å². The highest BCUT2D eigenvalue weighted by molar-refractivity contribution is 7.89. The number of hydrogen-bond acceptors (Lipinski definition) is 3. The van der Waals surface area contributed by atoms with Crippen molar-refractivity contribution in [3.8, 4) is 0 Å². The zero-order chi connectivity index (χ0) is 17.0. The molecule has 0 aromatic heterocycles. The molecule has 0 amide bonds. The lowest BCUT2D eigenvalue weighted by Crippen LogP contribution is -2.38. The van der Waals surface area contributed by atoms with Gasteiger partial charge < -0.3 is 10.6 Å². The average molecular weight is 350 g/mol. The quantitative estimate of drug-likeness (QED) is 0.605. The topological polar surface area (TPSA) is 73.8 Å². The number of nitrogens with one attached hydrogen (secondary N) is 2. The van der Waals surface area contributed by atoms with Crippen molar-refractivity contribution in [1.82, 2.24) is 14.9 Å². The highest BCUT2D eigenvalue weighted by Gasteiger charge is 2.26. The first-order chi connectivity index (χ1) is 11.6. The van der Waals surface area contributed by atoms with Gasteiger partial charge >= 0.3 is 0 Å². The van der Waals surface area contributed by atoms with Gasteiger partial charge in [-0.25, -0.2) is 13.4 Å². The van der Waals surface area contributed by atoms with Gasteiger partial charge in [0.05, 0.1) is 11.4 Å². The van der Waals surface area contributed by atoms with E-state index in [0.29, 0.717) is 30.6 Å². The molecule has 0 unspecified atom stereocenters. The third-order valence-electron chi connectivity index (χ3n) is 4.31. The molecule has 6 nitrogen and oxygen atoms in total. The van der Waals surface area contributed by atoms with E-state index in [2.05, 4.69) is 15.6 Å². The van der Waals surface area contributed by atoms with Crippen LogP contribution in [-0.2, 0) is 16.6 Å². The molecule has 1 heterocycles. The SMILES string of the molecule is CCNC(=NCc1ccc(S(=O)(=O)N2CCCC2)cc1)NC1CC1. The lowest BCUT2D eigenvalue weighted by molar-refractivity contribution is 0.477. The summed E-state index contributed by atoms with van der Waals surface area (Å²) in [5.41, 5.74) is 1.00. The molecule has 2 N–H and O–H groups in total. The lowest BCUT2D eigenvalue weighted by atomic mass is 10.2. The van der Waals surface area contributed by atoms with Gasteiger partial charge in [-0.3, -0.25) is 0 Å². The number of rotatable bonds is 6. The monoisotopic (exact) mass is 350 g/mol. The molecule has 132 valence electrons. The van der Waals surface area contributed by atoms with E-state index in [-0.39, 0.29) is 0 Å². The van der Waals surface area contributed by atoms with Gasteiger partial charge in [0.25, 0.3) is 0 Å². The predicted molar refractivity (Wildman–Crippen MR) is 95.4 cm³/mol. The molecule has 1 aliphatic carbocycles. The third-order valence-corrected chi connectivity index (χ3v) is 6.22. The molecule has 7 heteroatoms. The van der Waals surface area contributed by atoms with Crippen LogP contribution in [0.1, 0.15) is 38.2 Å². The van der Waals surface area contributed by atoms with Gasteiger partial charge in [-0.05, 0) is 50.3 Å². The molecule has 1 aromatic rings. The summed E-state index contributed by atoms with van der Waals surface area (Å²) in [6.07, 6.45) is 4.31. The van der Waals surface area contributed by atoms with Crippen LogP contribution < -0.4 is 10.6 Å². The Balaban J connectivity index is 1.65. The van der Waals surface area contributed by atoms with E-state index in [1.54, 1.807) is 16.4 Å². The maximum absolute atomic E-state index is 12.5. The zero-order valence-electron chi connectivity index (χ0n) is 14.2. The molecule has 0 spiro atoms. The maximum Gasteiger partial charge on any atom is 0.243 e. The van der Waals surface area contributed by atoms with Crippen molar-refractivity contribution in [2.24, 2.45) is 4.99 Å². The molecule has 0 atom stereocenters. The maximum atomic E-state index is 12.5. The molecular weight excluding hydrogens is 324 g/mol. The van der Waals surface area contributed by atoms with Crippen molar-refractivity contribution >= 4 is 16.0 Å². The molecule has 2 fully saturated rings. The van der Waals surface area contributed by atoms with E-state index < -0.39 is 10.0 Å². The molecule has 3 rings (SSSR count). The standard InChI is InChI=1S/C17H26N4O2S/c1-2-18-17(20-15-7-8-15)19-13-14-5-9-16(10-6-14)24(22,23)21-11-3-4-12-21/h5-6,9-10,15H,2-4,7-8,11-13H2,1H3,(H2,18,19,20). The van der Waals surface area contributed by atoms with Crippen LogP contribution in [0.5, 0.6) is 0 Å². The summed E-state index contributed by atoms with van der Waals surface area (Å²) in [6.45, 7) is 4.67. The molecule has 0 bridgehead atoms. The van der Waals surface area contributed by atoms with Gasteiger partial charge in [-0.2, -0.15) is 4.31 Å². The highest BCUT2D eigenvalue weighted by Crippen LogP contribution is 2.21. The molecule has 1 saturated carbocycles. The second-order valence-electron chi connectivity index (χ2n) is 6.37. The first-order valence-electron chi connectivity index (χ1n) is 8.73. The Hall–Kier alpha value is -1.60. The normalized spacial score (nSPS) is 19.5. The van der Waals surface area contributed by atoms with Crippen molar-refractivity contribution in [2.75, 3.05) is 19.6 Å². The second-order valence-corrected chi connectivity index (χ2v) is 8.31. The van der Waals surface area contributed by atoms with Crippen LogP contribution in [0.25, 0.3) is 0 Å². The highest BCUT2D eigenvalue weighted by atomic mass is 32.2. The van der Waals surface area contributed by atoms with Gasteiger partial charge in [0.2, 0.25) is 10.0 Å². The minimum atomic E-state index is -3.33. The summed E-state index contributed by atoms with van der Waals surface area (Å²) >= 11 is 0. The Kier molecular flexibility index (Phi) is 5.40. The fourth-order valence-corrected chi connectivity index (χ4v) is 4.27.